The summed E-state index contributed by atoms with van der Waals surface area (Å²) in [5, 5.41) is 5.06. The fraction of sp³-hybridized carbons (Fsp3) is 0.182. The van der Waals surface area contributed by atoms with E-state index in [9.17, 15) is 0 Å². The molecule has 1 aliphatic rings. The Morgan fingerprint density at radius 1 is 0.467 bits per heavy atom. The second-order valence-corrected chi connectivity index (χ2v) is 13.4. The van der Waals surface area contributed by atoms with Crippen molar-refractivity contribution in [1.82, 2.24) is 0 Å². The quantitative estimate of drug-likeness (QED) is 0.169. The largest absolute Gasteiger partial charge is 0.313 e. The Balaban J connectivity index is 1.39. The molecule has 0 unspecified atom stereocenters. The summed E-state index contributed by atoms with van der Waals surface area (Å²) in [7, 11) is 0. The molecule has 222 valence electrons. The second kappa shape index (κ2) is 11.6. The van der Waals surface area contributed by atoms with Gasteiger partial charge in [-0.3, -0.25) is 0 Å². The summed E-state index contributed by atoms with van der Waals surface area (Å²) in [4.78, 5) is 2.53. The third-order valence-electron chi connectivity index (χ3n) is 10.0. The first-order valence-corrected chi connectivity index (χ1v) is 16.2. The fourth-order valence-corrected chi connectivity index (χ4v) is 7.09. The average Bonchev–Trinajstić information content (AvgIpc) is 3.09. The van der Waals surface area contributed by atoms with Crippen LogP contribution in [0.25, 0.3) is 21.5 Å². The molecule has 1 nitrogen and oxygen atoms in total. The van der Waals surface area contributed by atoms with E-state index in [0.29, 0.717) is 0 Å². The van der Waals surface area contributed by atoms with Crippen LogP contribution < -0.4 is 4.90 Å². The van der Waals surface area contributed by atoms with Gasteiger partial charge in [-0.25, -0.2) is 0 Å². The van der Waals surface area contributed by atoms with E-state index in [1.807, 2.05) is 0 Å². The van der Waals surface area contributed by atoms with E-state index in [1.54, 1.807) is 0 Å². The van der Waals surface area contributed by atoms with E-state index in [-0.39, 0.29) is 10.8 Å². The number of rotatable bonds is 7. The van der Waals surface area contributed by atoms with Crippen molar-refractivity contribution in [1.29, 1.82) is 0 Å². The molecule has 0 saturated heterocycles. The molecule has 6 aromatic rings. The molecule has 6 aromatic carbocycles. The molecule has 45 heavy (non-hydrogen) atoms. The van der Waals surface area contributed by atoms with Crippen LogP contribution in [0.2, 0.25) is 0 Å². The van der Waals surface area contributed by atoms with Gasteiger partial charge in [-0.1, -0.05) is 161 Å². The zero-order valence-corrected chi connectivity index (χ0v) is 26.8. The summed E-state index contributed by atoms with van der Waals surface area (Å²) in [6.45, 7) is 9.35. The van der Waals surface area contributed by atoms with Crippen molar-refractivity contribution in [3.8, 4) is 0 Å². The summed E-state index contributed by atoms with van der Waals surface area (Å²) < 4.78 is 0. The van der Waals surface area contributed by atoms with Crippen molar-refractivity contribution in [2.75, 3.05) is 4.90 Å². The lowest BCUT2D eigenvalue weighted by atomic mass is 9.74. The van der Waals surface area contributed by atoms with Gasteiger partial charge in [-0.2, -0.15) is 0 Å². The first-order chi connectivity index (χ1) is 21.8. The van der Waals surface area contributed by atoms with Gasteiger partial charge >= 0.3 is 0 Å². The summed E-state index contributed by atoms with van der Waals surface area (Å²) in [6, 6.07) is 51.0. The van der Waals surface area contributed by atoms with E-state index < -0.39 is 0 Å². The Labute approximate surface area is 268 Å². The predicted molar refractivity (Wildman–Crippen MR) is 193 cm³/mol. The Morgan fingerprint density at radius 3 is 1.49 bits per heavy atom. The number of benzene rings is 6. The van der Waals surface area contributed by atoms with Gasteiger partial charge in [0.15, 0.2) is 0 Å². The maximum atomic E-state index is 2.53. The van der Waals surface area contributed by atoms with Gasteiger partial charge in [0.25, 0.3) is 0 Å². The molecule has 0 spiro atoms. The molecule has 0 aliphatic heterocycles. The minimum atomic E-state index is -0.0957. The number of hydrogen-bond acceptors (Lipinski definition) is 1. The molecule has 0 aromatic heterocycles. The van der Waals surface area contributed by atoms with Crippen LogP contribution in [0, 0.1) is 0 Å². The molecular weight excluding hydrogens is 542 g/mol. The van der Waals surface area contributed by atoms with Crippen LogP contribution in [0.1, 0.15) is 57.2 Å². The number of nitrogens with zero attached hydrogens (tertiary/aromatic N) is 1. The molecule has 0 N–H and O–H groups in total. The first kappa shape index (κ1) is 28.9. The number of hydrogen-bond donors (Lipinski definition) is 0. The van der Waals surface area contributed by atoms with E-state index in [1.165, 1.54) is 60.9 Å². The normalized spacial score (nSPS) is 13.9. The molecule has 0 heterocycles. The average molecular weight is 584 g/mol. The topological polar surface area (TPSA) is 3.24 Å². The summed E-state index contributed by atoms with van der Waals surface area (Å²) >= 11 is 0. The van der Waals surface area contributed by atoms with Gasteiger partial charge in [-0.15, -0.1) is 0 Å². The van der Waals surface area contributed by atoms with Gasteiger partial charge in [0.05, 0.1) is 5.69 Å². The fourth-order valence-electron chi connectivity index (χ4n) is 7.09. The molecule has 1 aliphatic carbocycles. The standard InChI is InChI=1S/C44H41N/c1-43(2,34-17-7-5-8-18-34)36-23-27-38(28-24-36)45(39-29-25-37(26-30-39)44(3,4)35-19-9-6-10-20-35)42-40-21-13-11-15-32(40)31-33-16-12-14-22-41(33)42/h5-25,27-29,31H,26,30H2,1-4H3. The van der Waals surface area contributed by atoms with Crippen molar-refractivity contribution in [3.63, 3.8) is 0 Å². The minimum Gasteiger partial charge on any atom is -0.313 e. The highest BCUT2D eigenvalue weighted by Gasteiger charge is 2.29. The first-order valence-electron chi connectivity index (χ1n) is 16.2. The van der Waals surface area contributed by atoms with Crippen molar-refractivity contribution >= 4 is 32.9 Å². The van der Waals surface area contributed by atoms with Crippen LogP contribution in [0.5, 0.6) is 0 Å². The summed E-state index contributed by atoms with van der Waals surface area (Å²) in [6.07, 6.45) is 6.75. The molecule has 0 bridgehead atoms. The van der Waals surface area contributed by atoms with E-state index in [0.717, 1.165) is 12.8 Å². The van der Waals surface area contributed by atoms with Gasteiger partial charge in [0.2, 0.25) is 0 Å². The van der Waals surface area contributed by atoms with Crippen molar-refractivity contribution in [2.24, 2.45) is 0 Å². The molecule has 0 amide bonds. The van der Waals surface area contributed by atoms with Gasteiger partial charge in [-0.05, 0) is 64.6 Å². The predicted octanol–water partition coefficient (Wildman–Crippen LogP) is 12.0. The lowest BCUT2D eigenvalue weighted by Gasteiger charge is -2.35. The van der Waals surface area contributed by atoms with Crippen LogP contribution in [0.3, 0.4) is 0 Å². The van der Waals surface area contributed by atoms with Crippen LogP contribution in [-0.4, -0.2) is 0 Å². The third kappa shape index (κ3) is 5.27. The van der Waals surface area contributed by atoms with Crippen molar-refractivity contribution < 1.29 is 0 Å². The van der Waals surface area contributed by atoms with Crippen molar-refractivity contribution in [2.45, 2.75) is 51.4 Å². The Bertz CT molecular complexity index is 1970. The van der Waals surface area contributed by atoms with Gasteiger partial charge < -0.3 is 4.90 Å². The monoisotopic (exact) mass is 583 g/mol. The van der Waals surface area contributed by atoms with Crippen LogP contribution >= 0.6 is 0 Å². The highest BCUT2D eigenvalue weighted by atomic mass is 15.2. The van der Waals surface area contributed by atoms with Crippen LogP contribution in [0.4, 0.5) is 11.4 Å². The maximum Gasteiger partial charge on any atom is 0.0615 e. The zero-order chi connectivity index (χ0) is 31.0. The zero-order valence-electron chi connectivity index (χ0n) is 26.8. The lowest BCUT2D eigenvalue weighted by molar-refractivity contribution is 0.585. The third-order valence-corrected chi connectivity index (χ3v) is 10.0. The number of fused-ring (bicyclic) bond motifs is 2. The summed E-state index contributed by atoms with van der Waals surface area (Å²) in [5.41, 5.74) is 9.11. The smallest absolute Gasteiger partial charge is 0.0615 e. The molecule has 0 atom stereocenters. The molecular formula is C44H41N. The maximum absolute atomic E-state index is 2.53. The van der Waals surface area contributed by atoms with E-state index in [4.69, 9.17) is 0 Å². The van der Waals surface area contributed by atoms with Gasteiger partial charge in [0.1, 0.15) is 0 Å². The molecule has 0 saturated carbocycles. The molecule has 0 radical (unpaired) electrons. The van der Waals surface area contributed by atoms with E-state index >= 15 is 0 Å². The Kier molecular flexibility index (Phi) is 7.42. The van der Waals surface area contributed by atoms with Crippen LogP contribution in [0.15, 0.2) is 163 Å². The highest BCUT2D eigenvalue weighted by molar-refractivity contribution is 6.13. The molecule has 0 fully saturated rings. The highest BCUT2D eigenvalue weighted by Crippen LogP contribution is 2.45. The minimum absolute atomic E-state index is 0.0229. The summed E-state index contributed by atoms with van der Waals surface area (Å²) in [5.74, 6) is 0. The van der Waals surface area contributed by atoms with Crippen molar-refractivity contribution in [3.05, 3.63) is 180 Å². The lowest BCUT2D eigenvalue weighted by Crippen LogP contribution is -2.24. The number of anilines is 2. The molecule has 7 rings (SSSR count). The van der Waals surface area contributed by atoms with Crippen LogP contribution in [-0.2, 0) is 10.8 Å². The SMILES string of the molecule is CC(C)(C1=CC=C(N(c2ccc(C(C)(C)c3ccccc3)cc2)c2c3ccccc3cc3ccccc23)CC1)c1ccccc1. The second-order valence-electron chi connectivity index (χ2n) is 13.4. The van der Waals surface area contributed by atoms with Gasteiger partial charge in [0, 0.05) is 33.0 Å². The number of allylic oxidation sites excluding steroid dienone is 4. The van der Waals surface area contributed by atoms with E-state index in [2.05, 4.69) is 184 Å². The molecule has 1 heteroatoms. The Morgan fingerprint density at radius 2 is 0.956 bits per heavy atom. The Hall–Kier alpha value is -4.88.